The van der Waals surface area contributed by atoms with Crippen LogP contribution in [-0.2, 0) is 6.54 Å². The van der Waals surface area contributed by atoms with Gasteiger partial charge < -0.3 is 15.6 Å². The van der Waals surface area contributed by atoms with Crippen LogP contribution in [0.4, 0.5) is 5.82 Å². The molecule has 5 nitrogen and oxygen atoms in total. The number of nitrogens with two attached hydrogens (primary N) is 1. The molecule has 2 aromatic heterocycles. The Balaban J connectivity index is 2.11. The number of anilines is 1. The van der Waals surface area contributed by atoms with Crippen molar-refractivity contribution < 1.29 is 4.52 Å². The fourth-order valence-electron chi connectivity index (χ4n) is 1.60. The standard InChI is InChI=1S/C12H14N4OS/c1-7-9(8(2)17-16-7)6-14-11-5-3-4-10(15-11)12(13)18/h3-5H,6H2,1-2H3,(H2,13,18)(H,14,15). The summed E-state index contributed by atoms with van der Waals surface area (Å²) < 4.78 is 5.09. The number of aryl methyl sites for hydroxylation is 2. The fourth-order valence-corrected chi connectivity index (χ4v) is 1.72. The molecule has 0 unspecified atom stereocenters. The van der Waals surface area contributed by atoms with Crippen LogP contribution in [0, 0.1) is 13.8 Å². The molecule has 0 aliphatic carbocycles. The average molecular weight is 262 g/mol. The highest BCUT2D eigenvalue weighted by Crippen LogP contribution is 2.14. The third-order valence-electron chi connectivity index (χ3n) is 2.63. The maximum absolute atomic E-state index is 5.54. The number of aromatic nitrogens is 2. The second kappa shape index (κ2) is 5.14. The first-order valence-corrected chi connectivity index (χ1v) is 5.91. The predicted octanol–water partition coefficient (Wildman–Crippen LogP) is 1.93. The zero-order valence-corrected chi connectivity index (χ0v) is 11.0. The maximum Gasteiger partial charge on any atom is 0.138 e. The van der Waals surface area contributed by atoms with E-state index >= 15 is 0 Å². The van der Waals surface area contributed by atoms with E-state index in [4.69, 9.17) is 22.5 Å². The summed E-state index contributed by atoms with van der Waals surface area (Å²) in [5.74, 6) is 1.53. The van der Waals surface area contributed by atoms with Gasteiger partial charge >= 0.3 is 0 Å². The first kappa shape index (κ1) is 12.5. The molecule has 0 bridgehead atoms. The molecule has 0 saturated heterocycles. The van der Waals surface area contributed by atoms with E-state index in [-0.39, 0.29) is 4.99 Å². The van der Waals surface area contributed by atoms with Crippen molar-refractivity contribution in [2.45, 2.75) is 20.4 Å². The zero-order valence-electron chi connectivity index (χ0n) is 10.2. The van der Waals surface area contributed by atoms with E-state index in [0.29, 0.717) is 12.2 Å². The van der Waals surface area contributed by atoms with Gasteiger partial charge in [-0.1, -0.05) is 23.4 Å². The quantitative estimate of drug-likeness (QED) is 0.820. The summed E-state index contributed by atoms with van der Waals surface area (Å²) in [5.41, 5.74) is 8.06. The minimum absolute atomic E-state index is 0.288. The zero-order chi connectivity index (χ0) is 13.1. The summed E-state index contributed by atoms with van der Waals surface area (Å²) in [6.07, 6.45) is 0. The lowest BCUT2D eigenvalue weighted by Gasteiger charge is -2.06. The molecule has 3 N–H and O–H groups in total. The van der Waals surface area contributed by atoms with Crippen LogP contribution in [-0.4, -0.2) is 15.1 Å². The summed E-state index contributed by atoms with van der Waals surface area (Å²) in [4.78, 5) is 4.59. The maximum atomic E-state index is 5.54. The van der Waals surface area contributed by atoms with E-state index in [1.54, 1.807) is 6.07 Å². The molecular weight excluding hydrogens is 248 g/mol. The molecule has 0 saturated carbocycles. The van der Waals surface area contributed by atoms with Gasteiger partial charge in [0.15, 0.2) is 0 Å². The van der Waals surface area contributed by atoms with Crippen molar-refractivity contribution in [2.24, 2.45) is 5.73 Å². The fraction of sp³-hybridized carbons (Fsp3) is 0.250. The molecule has 0 aliphatic rings. The third kappa shape index (κ3) is 2.65. The van der Waals surface area contributed by atoms with Crippen LogP contribution in [0.3, 0.4) is 0 Å². The Morgan fingerprint density at radius 2 is 2.22 bits per heavy atom. The van der Waals surface area contributed by atoms with E-state index in [1.807, 2.05) is 26.0 Å². The minimum atomic E-state index is 0.288. The van der Waals surface area contributed by atoms with Gasteiger partial charge in [0.2, 0.25) is 0 Å². The minimum Gasteiger partial charge on any atom is -0.388 e. The first-order chi connectivity index (χ1) is 8.58. The molecule has 94 valence electrons. The third-order valence-corrected chi connectivity index (χ3v) is 2.84. The summed E-state index contributed by atoms with van der Waals surface area (Å²) in [6, 6.07) is 5.50. The molecule has 0 spiro atoms. The Labute approximate surface area is 110 Å². The van der Waals surface area contributed by atoms with Gasteiger partial charge in [-0.05, 0) is 26.0 Å². The van der Waals surface area contributed by atoms with Crippen molar-refractivity contribution in [3.8, 4) is 0 Å². The van der Waals surface area contributed by atoms with Crippen LogP contribution in [0.15, 0.2) is 22.7 Å². The monoisotopic (exact) mass is 262 g/mol. The number of hydrogen-bond donors (Lipinski definition) is 2. The van der Waals surface area contributed by atoms with E-state index in [0.717, 1.165) is 22.8 Å². The SMILES string of the molecule is Cc1noc(C)c1CNc1cccc(C(N)=S)n1. The normalized spacial score (nSPS) is 10.3. The van der Waals surface area contributed by atoms with Gasteiger partial charge in [0.05, 0.1) is 11.4 Å². The molecule has 0 atom stereocenters. The van der Waals surface area contributed by atoms with Gasteiger partial charge in [-0.2, -0.15) is 0 Å². The highest BCUT2D eigenvalue weighted by molar-refractivity contribution is 7.80. The molecule has 0 aromatic carbocycles. The Hall–Kier alpha value is -1.95. The smallest absolute Gasteiger partial charge is 0.138 e. The Kier molecular flexibility index (Phi) is 3.57. The van der Waals surface area contributed by atoms with Crippen LogP contribution in [0.2, 0.25) is 0 Å². The Morgan fingerprint density at radius 1 is 1.44 bits per heavy atom. The Morgan fingerprint density at radius 3 is 2.83 bits per heavy atom. The van der Waals surface area contributed by atoms with Crippen molar-refractivity contribution in [1.29, 1.82) is 0 Å². The van der Waals surface area contributed by atoms with Gasteiger partial charge in [-0.3, -0.25) is 0 Å². The van der Waals surface area contributed by atoms with Crippen LogP contribution in [0.25, 0.3) is 0 Å². The Bertz CT molecular complexity index is 560. The number of rotatable bonds is 4. The summed E-state index contributed by atoms with van der Waals surface area (Å²) in [7, 11) is 0. The number of nitrogens with zero attached hydrogens (tertiary/aromatic N) is 2. The molecule has 0 radical (unpaired) electrons. The van der Waals surface area contributed by atoms with E-state index < -0.39 is 0 Å². The lowest BCUT2D eigenvalue weighted by Crippen LogP contribution is -2.12. The molecule has 2 aromatic rings. The topological polar surface area (TPSA) is 77.0 Å². The van der Waals surface area contributed by atoms with Gasteiger partial charge in [0, 0.05) is 12.1 Å². The lowest BCUT2D eigenvalue weighted by atomic mass is 10.2. The average Bonchev–Trinajstić information content (AvgIpc) is 2.67. The first-order valence-electron chi connectivity index (χ1n) is 5.50. The van der Waals surface area contributed by atoms with Crippen LogP contribution >= 0.6 is 12.2 Å². The summed E-state index contributed by atoms with van der Waals surface area (Å²) in [5, 5.41) is 7.10. The molecule has 6 heteroatoms. The molecule has 0 amide bonds. The van der Waals surface area contributed by atoms with E-state index in [1.165, 1.54) is 0 Å². The van der Waals surface area contributed by atoms with Gasteiger partial charge in [0.1, 0.15) is 16.6 Å². The second-order valence-electron chi connectivity index (χ2n) is 3.93. The number of hydrogen-bond acceptors (Lipinski definition) is 5. The molecule has 0 aliphatic heterocycles. The molecule has 2 rings (SSSR count). The molecule has 18 heavy (non-hydrogen) atoms. The van der Waals surface area contributed by atoms with Gasteiger partial charge in [-0.25, -0.2) is 4.98 Å². The predicted molar refractivity (Wildman–Crippen MR) is 73.4 cm³/mol. The van der Waals surface area contributed by atoms with Crippen molar-refractivity contribution in [2.75, 3.05) is 5.32 Å². The molecule has 0 fully saturated rings. The van der Waals surface area contributed by atoms with Crippen LogP contribution < -0.4 is 11.1 Å². The van der Waals surface area contributed by atoms with E-state index in [9.17, 15) is 0 Å². The van der Waals surface area contributed by atoms with E-state index in [2.05, 4.69) is 15.5 Å². The van der Waals surface area contributed by atoms with Gasteiger partial charge in [-0.15, -0.1) is 0 Å². The largest absolute Gasteiger partial charge is 0.388 e. The highest BCUT2D eigenvalue weighted by atomic mass is 32.1. The van der Waals surface area contributed by atoms with Crippen molar-refractivity contribution in [3.63, 3.8) is 0 Å². The molecule has 2 heterocycles. The second-order valence-corrected chi connectivity index (χ2v) is 4.37. The van der Waals surface area contributed by atoms with Crippen molar-refractivity contribution >= 4 is 23.0 Å². The number of nitrogens with one attached hydrogen (secondary N) is 1. The van der Waals surface area contributed by atoms with Crippen molar-refractivity contribution in [1.82, 2.24) is 10.1 Å². The van der Waals surface area contributed by atoms with Crippen LogP contribution in [0.5, 0.6) is 0 Å². The summed E-state index contributed by atoms with van der Waals surface area (Å²) in [6.45, 7) is 4.40. The number of thiocarbonyl (C=S) groups is 1. The molecular formula is C12H14N4OS. The van der Waals surface area contributed by atoms with Gasteiger partial charge in [0.25, 0.3) is 0 Å². The number of pyridine rings is 1. The highest BCUT2D eigenvalue weighted by Gasteiger charge is 2.08. The summed E-state index contributed by atoms with van der Waals surface area (Å²) >= 11 is 4.89. The van der Waals surface area contributed by atoms with Crippen molar-refractivity contribution in [3.05, 3.63) is 40.9 Å². The van der Waals surface area contributed by atoms with Crippen LogP contribution in [0.1, 0.15) is 22.7 Å². The lowest BCUT2D eigenvalue weighted by molar-refractivity contribution is 0.392.